The minimum absolute atomic E-state index is 0.0662. The third kappa shape index (κ3) is 12.9. The summed E-state index contributed by atoms with van der Waals surface area (Å²) in [6.45, 7) is 50.0. The monoisotopic (exact) mass is 1010 g/mol. The van der Waals surface area contributed by atoms with Crippen LogP contribution >= 0.6 is 0 Å². The van der Waals surface area contributed by atoms with Gasteiger partial charge in [-0.15, -0.1) is 11.5 Å². The summed E-state index contributed by atoms with van der Waals surface area (Å²) in [6.07, 6.45) is 8.16. The summed E-state index contributed by atoms with van der Waals surface area (Å²) in [5.41, 5.74) is 10.1. The van der Waals surface area contributed by atoms with Crippen LogP contribution in [0.25, 0.3) is 33.4 Å². The number of benzene rings is 4. The lowest BCUT2D eigenvalue weighted by Crippen LogP contribution is -2.32. The zero-order valence-corrected chi connectivity index (χ0v) is 50.7. The highest BCUT2D eigenvalue weighted by Gasteiger charge is 2.47. The number of hydrogen-bond donors (Lipinski definition) is 0. The molecular weight excluding hydrogens is 929 g/mol. The summed E-state index contributed by atoms with van der Waals surface area (Å²) >= 11 is 0. The van der Waals surface area contributed by atoms with Gasteiger partial charge in [-0.3, -0.25) is 9.59 Å². The van der Waals surface area contributed by atoms with E-state index in [0.29, 0.717) is 0 Å². The molecule has 4 aromatic carbocycles. The molecule has 0 aliphatic heterocycles. The maximum atomic E-state index is 14.1. The van der Waals surface area contributed by atoms with Crippen LogP contribution in [0.5, 0.6) is 11.5 Å². The number of carbonyl (C=O) groups excluding carboxylic acids is 2. The fraction of sp³-hybridized carbons (Fsp3) is 0.444. The van der Waals surface area contributed by atoms with Gasteiger partial charge >= 0.3 is 0 Å². The zero-order chi connectivity index (χ0) is 57.4. The predicted octanol–water partition coefficient (Wildman–Crippen LogP) is 16.9. The Hall–Kier alpha value is -6.36. The fourth-order valence-electron chi connectivity index (χ4n) is 9.91. The second-order valence-corrected chi connectivity index (χ2v) is 29.7. The molecule has 76 heavy (non-hydrogen) atoms. The highest BCUT2D eigenvalue weighted by Crippen LogP contribution is 2.48. The minimum Gasteiger partial charge on any atom is -0.872 e. The van der Waals surface area contributed by atoms with Crippen molar-refractivity contribution in [3.05, 3.63) is 152 Å². The van der Waals surface area contributed by atoms with Gasteiger partial charge in [-0.1, -0.05) is 119 Å². The highest BCUT2D eigenvalue weighted by molar-refractivity contribution is 6.15. The summed E-state index contributed by atoms with van der Waals surface area (Å²) in [5.74, 6) is 15.1. The Morgan fingerprint density at radius 3 is 0.829 bits per heavy atom. The van der Waals surface area contributed by atoms with Gasteiger partial charge in [0.05, 0.1) is 35.5 Å². The van der Waals surface area contributed by atoms with E-state index >= 15 is 0 Å². The summed E-state index contributed by atoms with van der Waals surface area (Å²) in [7, 11) is 0. The lowest BCUT2D eigenvalue weighted by Gasteiger charge is -2.34. The van der Waals surface area contributed by atoms with Crippen molar-refractivity contribution in [2.24, 2.45) is 21.7 Å². The van der Waals surface area contributed by atoms with Crippen LogP contribution in [0.15, 0.2) is 96.1 Å². The van der Waals surface area contributed by atoms with Crippen LogP contribution in [0.1, 0.15) is 211 Å². The second kappa shape index (κ2) is 19.9. The van der Waals surface area contributed by atoms with Gasteiger partial charge in [0.2, 0.25) is 0 Å². The number of allylic oxidation sites excluding steroid dienone is 8. The van der Waals surface area contributed by atoms with Gasteiger partial charge in [-0.25, -0.2) is 0 Å². The van der Waals surface area contributed by atoms with Gasteiger partial charge < -0.3 is 10.2 Å². The molecule has 0 aromatic heterocycles. The molecule has 398 valence electrons. The molecule has 0 amide bonds. The molecular formula is C72H86O4. The molecule has 0 saturated heterocycles. The van der Waals surface area contributed by atoms with Gasteiger partial charge in [0.15, 0.2) is 0 Å². The van der Waals surface area contributed by atoms with E-state index in [1.165, 1.54) is 0 Å². The molecule has 4 heteroatoms. The lowest BCUT2D eigenvalue weighted by molar-refractivity contribution is -0.272. The van der Waals surface area contributed by atoms with E-state index in [1.807, 2.05) is 48.6 Å². The number of Topliss-reactive ketones (excluding diaryl/α,β-unsaturated/α-hetero) is 2. The highest BCUT2D eigenvalue weighted by atomic mass is 16.3. The van der Waals surface area contributed by atoms with Crippen molar-refractivity contribution >= 4 is 22.7 Å². The van der Waals surface area contributed by atoms with Gasteiger partial charge in [0.25, 0.3) is 11.6 Å². The number of carbonyl (C=O) groups is 2. The van der Waals surface area contributed by atoms with Crippen LogP contribution in [0.3, 0.4) is 0 Å². The zero-order valence-electron chi connectivity index (χ0n) is 50.7. The van der Waals surface area contributed by atoms with Crippen LogP contribution in [-0.2, 0) is 31.2 Å². The molecule has 0 N–H and O–H groups in total. The van der Waals surface area contributed by atoms with Crippen molar-refractivity contribution in [2.75, 3.05) is 0 Å². The molecule has 2 aliphatic rings. The first-order valence-corrected chi connectivity index (χ1v) is 27.1. The van der Waals surface area contributed by atoms with Crippen molar-refractivity contribution in [1.82, 2.24) is 0 Å². The molecule has 0 fully saturated rings. The van der Waals surface area contributed by atoms with E-state index < -0.39 is 43.3 Å². The molecule has 0 bridgehead atoms. The molecule has 2 aliphatic carbocycles. The Morgan fingerprint density at radius 2 is 0.592 bits per heavy atom. The van der Waals surface area contributed by atoms with Gasteiger partial charge in [-0.05, 0) is 197 Å². The summed E-state index contributed by atoms with van der Waals surface area (Å²) < 4.78 is 0. The molecule has 0 heterocycles. The SMILES string of the molecule is CC(C)(C)C1=CC(c2cc(C#CC#Cc3cc(C4=C[C+](C(C)(C)C)C(=O)C(C(C)(C)C)=C4)cc(-c4cc(C(C)(C)C)c([O-])c(C(C)(C)C)c4)c3)cc(-c3cc(C(C)(C)C)c([O-])c(C(C)(C)C)c3)c2)=C[C+](C(C)(C)C)C1=O. The first-order valence-electron chi connectivity index (χ1n) is 27.1. The fourth-order valence-corrected chi connectivity index (χ4v) is 9.91. The van der Waals surface area contributed by atoms with Gasteiger partial charge in [0, 0.05) is 43.9 Å². The summed E-state index contributed by atoms with van der Waals surface area (Å²) in [5, 5.41) is 28.3. The maximum absolute atomic E-state index is 14.1. The average Bonchev–Trinajstić information content (AvgIpc) is 3.24. The van der Waals surface area contributed by atoms with E-state index in [4.69, 9.17) is 0 Å². The van der Waals surface area contributed by atoms with Crippen molar-refractivity contribution < 1.29 is 19.8 Å². The van der Waals surface area contributed by atoms with Crippen molar-refractivity contribution in [3.8, 4) is 57.4 Å². The molecule has 0 saturated carbocycles. The molecule has 0 atom stereocenters. The van der Waals surface area contributed by atoms with E-state index in [0.717, 1.165) is 101 Å². The lowest BCUT2D eigenvalue weighted by atomic mass is 9.67. The quantitative estimate of drug-likeness (QED) is 0.151. The summed E-state index contributed by atoms with van der Waals surface area (Å²) in [6, 6.07) is 20.8. The van der Waals surface area contributed by atoms with Crippen LogP contribution in [0.2, 0.25) is 0 Å². The molecule has 0 spiro atoms. The Morgan fingerprint density at radius 1 is 0.342 bits per heavy atom. The minimum atomic E-state index is -0.403. The largest absolute Gasteiger partial charge is 0.872 e. The van der Waals surface area contributed by atoms with Crippen molar-refractivity contribution in [2.45, 2.75) is 188 Å². The number of rotatable bonds is 4. The normalized spacial score (nSPS) is 15.3. The molecule has 0 unspecified atom stereocenters. The third-order valence-electron chi connectivity index (χ3n) is 14.5. The van der Waals surface area contributed by atoms with Crippen LogP contribution in [-0.4, -0.2) is 11.6 Å². The van der Waals surface area contributed by atoms with Crippen LogP contribution in [0, 0.1) is 57.2 Å². The standard InChI is InChI=1S/C72H86O4/c1-65(2,3)53-35-49(36-54(61(53)73)66(4,5)6)45-29-43(30-46(33-45)50-37-55(67(7,8)9)62(74)56(38-50)68(10,11)12)27-25-26-28-44-31-47(51-39-57(69(13,14)15)63(75)58(40-51)70(16,17)18)34-48(32-44)52-41-59(71(19,20)21)64(76)60(42-52)72(22,23)24/h29-42H,1-24H3. The van der Waals surface area contributed by atoms with Crippen LogP contribution < -0.4 is 10.2 Å². The molecule has 4 nitrogen and oxygen atoms in total. The van der Waals surface area contributed by atoms with E-state index in [-0.39, 0.29) is 23.1 Å². The summed E-state index contributed by atoms with van der Waals surface area (Å²) in [4.78, 5) is 28.3. The topological polar surface area (TPSA) is 80.3 Å². The second-order valence-electron chi connectivity index (χ2n) is 29.7. The Bertz CT molecular complexity index is 2960. The number of hydrogen-bond acceptors (Lipinski definition) is 4. The first kappa shape index (κ1) is 58.9. The molecule has 0 radical (unpaired) electrons. The number of ketones is 2. The van der Waals surface area contributed by atoms with E-state index in [1.54, 1.807) is 0 Å². The molecule has 4 aromatic rings. The van der Waals surface area contributed by atoms with E-state index in [2.05, 4.69) is 226 Å². The Kier molecular flexibility index (Phi) is 15.4. The Balaban J connectivity index is 1.64. The van der Waals surface area contributed by atoms with Gasteiger partial charge in [-0.2, -0.15) is 0 Å². The van der Waals surface area contributed by atoms with Crippen LogP contribution in [0.4, 0.5) is 0 Å². The maximum Gasteiger partial charge on any atom is 0.291 e. The van der Waals surface area contributed by atoms with Gasteiger partial charge in [0.1, 0.15) is 23.0 Å². The Labute approximate surface area is 459 Å². The van der Waals surface area contributed by atoms with Crippen molar-refractivity contribution in [1.29, 1.82) is 0 Å². The third-order valence-corrected chi connectivity index (χ3v) is 14.5. The first-order chi connectivity index (χ1) is 34.4. The van der Waals surface area contributed by atoms with E-state index in [9.17, 15) is 19.8 Å². The smallest absolute Gasteiger partial charge is 0.291 e. The average molecular weight is 1020 g/mol. The predicted molar refractivity (Wildman–Crippen MR) is 318 cm³/mol. The molecule has 6 rings (SSSR count). The van der Waals surface area contributed by atoms with Crippen molar-refractivity contribution in [3.63, 3.8) is 0 Å².